The van der Waals surface area contributed by atoms with Crippen LogP contribution < -0.4 is 0 Å². The molecule has 2 unspecified atom stereocenters. The lowest BCUT2D eigenvalue weighted by molar-refractivity contribution is 0.0749. The van der Waals surface area contributed by atoms with E-state index >= 15 is 0 Å². The van der Waals surface area contributed by atoms with Crippen LogP contribution >= 0.6 is 0 Å². The predicted molar refractivity (Wildman–Crippen MR) is 60.5 cm³/mol. The van der Waals surface area contributed by atoms with Gasteiger partial charge in [-0.1, -0.05) is 6.42 Å². The summed E-state index contributed by atoms with van der Waals surface area (Å²) in [7, 11) is 2.26. The van der Waals surface area contributed by atoms with E-state index in [2.05, 4.69) is 23.8 Å². The summed E-state index contributed by atoms with van der Waals surface area (Å²) in [5, 5.41) is 0. The summed E-state index contributed by atoms with van der Waals surface area (Å²) in [6.07, 6.45) is 7.09. The van der Waals surface area contributed by atoms with Crippen molar-refractivity contribution in [1.29, 1.82) is 0 Å². The summed E-state index contributed by atoms with van der Waals surface area (Å²) in [4.78, 5) is 5.24. The summed E-state index contributed by atoms with van der Waals surface area (Å²) in [6.45, 7) is 6.39. The first-order valence-electron chi connectivity index (χ1n) is 6.21. The minimum atomic E-state index is 0.788. The molecule has 2 saturated heterocycles. The molecular formula is C12H24N2. The quantitative estimate of drug-likeness (QED) is 0.632. The Morgan fingerprint density at radius 2 is 1.71 bits per heavy atom. The van der Waals surface area contributed by atoms with Crippen LogP contribution in [0.4, 0.5) is 0 Å². The van der Waals surface area contributed by atoms with Gasteiger partial charge in [-0.3, -0.25) is 0 Å². The number of nitrogens with zero attached hydrogens (tertiary/aromatic N) is 2. The Bertz CT molecular complexity index is 175. The van der Waals surface area contributed by atoms with E-state index < -0.39 is 0 Å². The van der Waals surface area contributed by atoms with Crippen LogP contribution in [0.1, 0.15) is 39.0 Å². The van der Waals surface area contributed by atoms with E-state index in [9.17, 15) is 0 Å². The van der Waals surface area contributed by atoms with Gasteiger partial charge in [0, 0.05) is 12.1 Å². The smallest absolute Gasteiger partial charge is 0.0122 e. The number of hydrogen-bond acceptors (Lipinski definition) is 2. The molecule has 2 rings (SSSR count). The average Bonchev–Trinajstić information content (AvgIpc) is 2.23. The molecule has 0 aliphatic carbocycles. The fourth-order valence-corrected chi connectivity index (χ4v) is 2.88. The largest absolute Gasteiger partial charge is 0.304 e. The third-order valence-electron chi connectivity index (χ3n) is 4.09. The van der Waals surface area contributed by atoms with Crippen LogP contribution in [0.2, 0.25) is 0 Å². The molecule has 0 aromatic carbocycles. The summed E-state index contributed by atoms with van der Waals surface area (Å²) >= 11 is 0. The van der Waals surface area contributed by atoms with E-state index in [4.69, 9.17) is 0 Å². The van der Waals surface area contributed by atoms with Crippen LogP contribution in [0.25, 0.3) is 0 Å². The lowest BCUT2D eigenvalue weighted by Gasteiger charge is -2.42. The van der Waals surface area contributed by atoms with Crippen molar-refractivity contribution in [2.75, 3.05) is 26.7 Å². The average molecular weight is 196 g/mol. The van der Waals surface area contributed by atoms with E-state index in [0.717, 1.165) is 12.1 Å². The molecule has 0 aromatic rings. The molecule has 0 bridgehead atoms. The van der Waals surface area contributed by atoms with Gasteiger partial charge in [-0.2, -0.15) is 0 Å². The molecule has 0 N–H and O–H groups in total. The standard InChI is InChI=1S/C12H24N2/c1-11-10-12(6-9-13(11)2)14-7-4-3-5-8-14/h11-12H,3-10H2,1-2H3. The first-order chi connectivity index (χ1) is 6.77. The van der Waals surface area contributed by atoms with Crippen molar-refractivity contribution in [2.24, 2.45) is 0 Å². The second kappa shape index (κ2) is 4.63. The molecule has 82 valence electrons. The highest BCUT2D eigenvalue weighted by Gasteiger charge is 2.27. The van der Waals surface area contributed by atoms with Crippen molar-refractivity contribution in [2.45, 2.75) is 51.1 Å². The van der Waals surface area contributed by atoms with Crippen molar-refractivity contribution in [3.63, 3.8) is 0 Å². The summed E-state index contributed by atoms with van der Waals surface area (Å²) in [6, 6.07) is 1.68. The fourth-order valence-electron chi connectivity index (χ4n) is 2.88. The lowest BCUT2D eigenvalue weighted by atomic mass is 9.95. The Kier molecular flexibility index (Phi) is 3.45. The minimum Gasteiger partial charge on any atom is -0.304 e. The monoisotopic (exact) mass is 196 g/mol. The van der Waals surface area contributed by atoms with Crippen molar-refractivity contribution in [3.05, 3.63) is 0 Å². The van der Waals surface area contributed by atoms with Crippen LogP contribution in [0.3, 0.4) is 0 Å². The lowest BCUT2D eigenvalue weighted by Crippen LogP contribution is -2.48. The zero-order valence-corrected chi connectivity index (χ0v) is 9.71. The third-order valence-corrected chi connectivity index (χ3v) is 4.09. The third kappa shape index (κ3) is 2.29. The van der Waals surface area contributed by atoms with Gasteiger partial charge in [0.1, 0.15) is 0 Å². The molecule has 0 saturated carbocycles. The van der Waals surface area contributed by atoms with E-state index in [1.807, 2.05) is 0 Å². The van der Waals surface area contributed by atoms with E-state index in [0.29, 0.717) is 0 Å². The molecule has 0 radical (unpaired) electrons. The molecule has 14 heavy (non-hydrogen) atoms. The second-order valence-electron chi connectivity index (χ2n) is 5.10. The number of rotatable bonds is 1. The maximum atomic E-state index is 2.74. The zero-order valence-electron chi connectivity index (χ0n) is 9.71. The second-order valence-corrected chi connectivity index (χ2v) is 5.10. The molecule has 2 fully saturated rings. The Balaban J connectivity index is 1.85. The summed E-state index contributed by atoms with van der Waals surface area (Å²) in [5.74, 6) is 0. The van der Waals surface area contributed by atoms with Crippen molar-refractivity contribution < 1.29 is 0 Å². The molecule has 0 amide bonds. The van der Waals surface area contributed by atoms with Crippen LogP contribution in [-0.4, -0.2) is 48.6 Å². The molecule has 2 nitrogen and oxygen atoms in total. The highest BCUT2D eigenvalue weighted by atomic mass is 15.2. The highest BCUT2D eigenvalue weighted by Crippen LogP contribution is 2.23. The summed E-state index contributed by atoms with van der Waals surface area (Å²) < 4.78 is 0. The Morgan fingerprint density at radius 1 is 1.00 bits per heavy atom. The van der Waals surface area contributed by atoms with Gasteiger partial charge in [0.15, 0.2) is 0 Å². The minimum absolute atomic E-state index is 0.788. The van der Waals surface area contributed by atoms with Gasteiger partial charge in [-0.05, 0) is 59.3 Å². The van der Waals surface area contributed by atoms with Gasteiger partial charge in [0.25, 0.3) is 0 Å². The number of likely N-dealkylation sites (tertiary alicyclic amines) is 2. The fraction of sp³-hybridized carbons (Fsp3) is 1.00. The molecule has 2 aliphatic heterocycles. The topological polar surface area (TPSA) is 6.48 Å². The summed E-state index contributed by atoms with van der Waals surface area (Å²) in [5.41, 5.74) is 0. The van der Waals surface area contributed by atoms with Gasteiger partial charge in [-0.15, -0.1) is 0 Å². The van der Waals surface area contributed by atoms with Crippen LogP contribution in [0.15, 0.2) is 0 Å². The zero-order chi connectivity index (χ0) is 9.97. The van der Waals surface area contributed by atoms with E-state index in [-0.39, 0.29) is 0 Å². The first kappa shape index (κ1) is 10.4. The molecule has 2 atom stereocenters. The molecule has 2 aliphatic rings. The van der Waals surface area contributed by atoms with Crippen molar-refractivity contribution in [1.82, 2.24) is 9.80 Å². The van der Waals surface area contributed by atoms with Crippen molar-refractivity contribution in [3.8, 4) is 0 Å². The highest BCUT2D eigenvalue weighted by molar-refractivity contribution is 4.84. The van der Waals surface area contributed by atoms with Crippen LogP contribution in [0, 0.1) is 0 Å². The number of piperidine rings is 2. The predicted octanol–water partition coefficient (Wildman–Crippen LogP) is 1.95. The maximum absolute atomic E-state index is 2.74. The van der Waals surface area contributed by atoms with Crippen LogP contribution in [-0.2, 0) is 0 Å². The maximum Gasteiger partial charge on any atom is 0.0122 e. The Labute approximate surface area is 88.3 Å². The van der Waals surface area contributed by atoms with E-state index in [1.165, 1.54) is 51.7 Å². The Hall–Kier alpha value is -0.0800. The van der Waals surface area contributed by atoms with Gasteiger partial charge < -0.3 is 9.80 Å². The SMILES string of the molecule is CC1CC(N2CCCCC2)CCN1C. The molecular weight excluding hydrogens is 172 g/mol. The molecule has 0 aromatic heterocycles. The van der Waals surface area contributed by atoms with Gasteiger partial charge in [-0.25, -0.2) is 0 Å². The van der Waals surface area contributed by atoms with E-state index in [1.54, 1.807) is 0 Å². The first-order valence-corrected chi connectivity index (χ1v) is 6.21. The normalized spacial score (nSPS) is 37.3. The van der Waals surface area contributed by atoms with Crippen molar-refractivity contribution >= 4 is 0 Å². The van der Waals surface area contributed by atoms with Gasteiger partial charge in [0.2, 0.25) is 0 Å². The molecule has 2 heterocycles. The van der Waals surface area contributed by atoms with Gasteiger partial charge in [0.05, 0.1) is 0 Å². The van der Waals surface area contributed by atoms with Crippen LogP contribution in [0.5, 0.6) is 0 Å². The molecule has 2 heteroatoms. The molecule has 0 spiro atoms. The number of hydrogen-bond donors (Lipinski definition) is 0. The van der Waals surface area contributed by atoms with Gasteiger partial charge >= 0.3 is 0 Å². The Morgan fingerprint density at radius 3 is 2.36 bits per heavy atom.